The third kappa shape index (κ3) is 3.77. The van der Waals surface area contributed by atoms with Gasteiger partial charge in [0.15, 0.2) is 5.01 Å². The molecule has 1 unspecified atom stereocenters. The number of hydrogen-bond acceptors (Lipinski definition) is 7. The second-order valence-corrected chi connectivity index (χ2v) is 6.37. The molecule has 1 aromatic heterocycles. The number of amides is 3. The first-order chi connectivity index (χ1) is 12.5. The molecule has 3 amide bonds. The first kappa shape index (κ1) is 17.7. The summed E-state index contributed by atoms with van der Waals surface area (Å²) in [5.41, 5.74) is 0.532. The summed E-state index contributed by atoms with van der Waals surface area (Å²) in [6.07, 6.45) is -0.657. The number of nitrogens with one attached hydrogen (secondary N) is 2. The Morgan fingerprint density at radius 2 is 2.31 bits per heavy atom. The van der Waals surface area contributed by atoms with Crippen LogP contribution in [0.5, 0.6) is 0 Å². The fourth-order valence-electron chi connectivity index (χ4n) is 2.38. The number of nitrogens with zero attached hydrogens (tertiary/aromatic N) is 3. The number of rotatable bonds is 6. The molecule has 0 saturated carbocycles. The Balaban J connectivity index is 1.75. The Morgan fingerprint density at radius 3 is 3.00 bits per heavy atom. The quantitative estimate of drug-likeness (QED) is 0.733. The molecule has 0 spiro atoms. The van der Waals surface area contributed by atoms with E-state index in [0.717, 1.165) is 11.3 Å². The van der Waals surface area contributed by atoms with Crippen LogP contribution < -0.4 is 15.5 Å². The van der Waals surface area contributed by atoms with Crippen LogP contribution >= 0.6 is 11.3 Å². The molecule has 1 aliphatic rings. The number of halogens is 1. The molecule has 1 atom stereocenters. The zero-order valence-corrected chi connectivity index (χ0v) is 14.4. The lowest BCUT2D eigenvalue weighted by atomic mass is 10.2. The Kier molecular flexibility index (Phi) is 5.07. The van der Waals surface area contributed by atoms with Gasteiger partial charge in [0.25, 0.3) is 0 Å². The van der Waals surface area contributed by atoms with E-state index in [9.17, 15) is 18.8 Å². The average Bonchev–Trinajstić information content (AvgIpc) is 3.20. The van der Waals surface area contributed by atoms with Crippen LogP contribution in [0.15, 0.2) is 18.2 Å². The summed E-state index contributed by atoms with van der Waals surface area (Å²) in [7, 11) is 0. The van der Waals surface area contributed by atoms with Gasteiger partial charge in [0.1, 0.15) is 11.9 Å². The maximum atomic E-state index is 14.5. The number of anilines is 2. The first-order valence-corrected chi connectivity index (χ1v) is 8.35. The highest BCUT2D eigenvalue weighted by atomic mass is 32.1. The van der Waals surface area contributed by atoms with E-state index in [1.165, 1.54) is 24.0 Å². The average molecular weight is 379 g/mol. The molecule has 136 valence electrons. The third-order valence-electron chi connectivity index (χ3n) is 3.55. The Labute approximate surface area is 151 Å². The van der Waals surface area contributed by atoms with Gasteiger partial charge in [-0.05, 0) is 18.2 Å². The maximum Gasteiger partial charge on any atom is 0.414 e. The van der Waals surface area contributed by atoms with E-state index in [-0.39, 0.29) is 29.7 Å². The molecule has 9 nitrogen and oxygen atoms in total. The highest BCUT2D eigenvalue weighted by Gasteiger charge is 2.32. The van der Waals surface area contributed by atoms with Gasteiger partial charge in [0, 0.05) is 12.5 Å². The number of benzene rings is 1. The van der Waals surface area contributed by atoms with Crippen LogP contribution in [0.4, 0.5) is 20.0 Å². The van der Waals surface area contributed by atoms with Crippen LogP contribution in [0, 0.1) is 5.82 Å². The third-order valence-corrected chi connectivity index (χ3v) is 4.44. The summed E-state index contributed by atoms with van der Waals surface area (Å²) in [4.78, 5) is 34.6. The van der Waals surface area contributed by atoms with Gasteiger partial charge in [-0.15, -0.1) is 10.2 Å². The summed E-state index contributed by atoms with van der Waals surface area (Å²) >= 11 is 1.02. The SMILES string of the molecule is CC(=O)NCC1CN(c2ccc(-c3nnc(NC=O)s3)c(F)c2)C(=O)O1. The van der Waals surface area contributed by atoms with Gasteiger partial charge in [-0.3, -0.25) is 14.5 Å². The molecule has 2 aromatic rings. The van der Waals surface area contributed by atoms with E-state index in [1.807, 2.05) is 0 Å². The first-order valence-electron chi connectivity index (χ1n) is 7.54. The van der Waals surface area contributed by atoms with E-state index in [1.54, 1.807) is 6.07 Å². The number of carbonyl (C=O) groups excluding carboxylic acids is 3. The van der Waals surface area contributed by atoms with Crippen molar-refractivity contribution in [2.24, 2.45) is 0 Å². The lowest BCUT2D eigenvalue weighted by Crippen LogP contribution is -2.33. The number of carbonyl (C=O) groups is 3. The largest absolute Gasteiger partial charge is 0.442 e. The van der Waals surface area contributed by atoms with Crippen LogP contribution in [-0.2, 0) is 14.3 Å². The van der Waals surface area contributed by atoms with E-state index < -0.39 is 18.0 Å². The molecule has 1 aromatic carbocycles. The van der Waals surface area contributed by atoms with Crippen molar-refractivity contribution < 1.29 is 23.5 Å². The molecule has 1 saturated heterocycles. The van der Waals surface area contributed by atoms with Crippen molar-refractivity contribution in [2.75, 3.05) is 23.3 Å². The van der Waals surface area contributed by atoms with E-state index >= 15 is 0 Å². The molecule has 0 radical (unpaired) electrons. The highest BCUT2D eigenvalue weighted by Crippen LogP contribution is 2.31. The summed E-state index contributed by atoms with van der Waals surface area (Å²) in [6.45, 7) is 1.76. The molecule has 11 heteroatoms. The van der Waals surface area contributed by atoms with E-state index in [2.05, 4.69) is 20.8 Å². The molecule has 2 heterocycles. The highest BCUT2D eigenvalue weighted by molar-refractivity contribution is 7.18. The molecular formula is C15H14FN5O4S. The molecule has 0 aliphatic carbocycles. The van der Waals surface area contributed by atoms with Crippen molar-refractivity contribution in [1.82, 2.24) is 15.5 Å². The second kappa shape index (κ2) is 7.44. The zero-order valence-electron chi connectivity index (χ0n) is 13.6. The fraction of sp³-hybridized carbons (Fsp3) is 0.267. The number of aromatic nitrogens is 2. The van der Waals surface area contributed by atoms with Gasteiger partial charge >= 0.3 is 6.09 Å². The lowest BCUT2D eigenvalue weighted by molar-refractivity contribution is -0.119. The second-order valence-electron chi connectivity index (χ2n) is 5.39. The van der Waals surface area contributed by atoms with Gasteiger partial charge in [0.2, 0.25) is 17.4 Å². The van der Waals surface area contributed by atoms with Gasteiger partial charge in [-0.25, -0.2) is 9.18 Å². The predicted octanol–water partition coefficient (Wildman–Crippen LogP) is 1.37. The van der Waals surface area contributed by atoms with Crippen molar-refractivity contribution in [3.8, 4) is 10.6 Å². The topological polar surface area (TPSA) is 114 Å². The Bertz CT molecular complexity index is 858. The standard InChI is InChI=1S/C15H14FN5O4S/c1-8(23)17-5-10-6-21(15(24)25-10)9-2-3-11(12(16)4-9)13-19-20-14(26-13)18-7-22/h2-4,7,10H,5-6H2,1H3,(H,17,23)(H,18,20,22). The van der Waals surface area contributed by atoms with E-state index in [4.69, 9.17) is 4.74 Å². The number of cyclic esters (lactones) is 1. The molecule has 2 N–H and O–H groups in total. The minimum Gasteiger partial charge on any atom is -0.442 e. The van der Waals surface area contributed by atoms with E-state index in [0.29, 0.717) is 17.1 Å². The summed E-state index contributed by atoms with van der Waals surface area (Å²) in [5, 5.41) is 13.0. The van der Waals surface area contributed by atoms with Crippen LogP contribution in [0.2, 0.25) is 0 Å². The van der Waals surface area contributed by atoms with Crippen LogP contribution in [0.3, 0.4) is 0 Å². The van der Waals surface area contributed by atoms with Crippen LogP contribution in [0.1, 0.15) is 6.92 Å². The molecular weight excluding hydrogens is 365 g/mol. The smallest absolute Gasteiger partial charge is 0.414 e. The van der Waals surface area contributed by atoms with Gasteiger partial charge in [-0.2, -0.15) is 0 Å². The molecule has 3 rings (SSSR count). The summed E-state index contributed by atoms with van der Waals surface area (Å²) < 4.78 is 19.6. The van der Waals surface area contributed by atoms with Crippen molar-refractivity contribution in [1.29, 1.82) is 0 Å². The molecule has 0 bridgehead atoms. The van der Waals surface area contributed by atoms with Crippen molar-refractivity contribution in [3.63, 3.8) is 0 Å². The number of hydrogen-bond donors (Lipinski definition) is 2. The minimum absolute atomic E-state index is 0.190. The Hall–Kier alpha value is -3.08. The van der Waals surface area contributed by atoms with Crippen molar-refractivity contribution in [3.05, 3.63) is 24.0 Å². The molecule has 1 fully saturated rings. The monoisotopic (exact) mass is 379 g/mol. The summed E-state index contributed by atoms with van der Waals surface area (Å²) in [5.74, 6) is -0.815. The van der Waals surface area contributed by atoms with Crippen LogP contribution in [0.25, 0.3) is 10.6 Å². The summed E-state index contributed by atoms with van der Waals surface area (Å²) in [6, 6.07) is 4.24. The van der Waals surface area contributed by atoms with Crippen molar-refractivity contribution in [2.45, 2.75) is 13.0 Å². The fourth-order valence-corrected chi connectivity index (χ4v) is 3.11. The van der Waals surface area contributed by atoms with Crippen molar-refractivity contribution >= 4 is 40.6 Å². The molecule has 26 heavy (non-hydrogen) atoms. The number of ether oxygens (including phenoxy) is 1. The minimum atomic E-state index is -0.610. The maximum absolute atomic E-state index is 14.5. The normalized spacial score (nSPS) is 16.3. The lowest BCUT2D eigenvalue weighted by Gasteiger charge is -2.14. The van der Waals surface area contributed by atoms with Gasteiger partial charge in [-0.1, -0.05) is 11.3 Å². The van der Waals surface area contributed by atoms with Gasteiger partial charge in [0.05, 0.1) is 18.8 Å². The Morgan fingerprint density at radius 1 is 1.50 bits per heavy atom. The van der Waals surface area contributed by atoms with Gasteiger partial charge < -0.3 is 15.4 Å². The predicted molar refractivity (Wildman–Crippen MR) is 91.3 cm³/mol. The van der Waals surface area contributed by atoms with Crippen LogP contribution in [-0.4, -0.2) is 47.8 Å². The molecule has 1 aliphatic heterocycles. The zero-order chi connectivity index (χ0) is 18.7.